The van der Waals surface area contributed by atoms with Gasteiger partial charge in [0.1, 0.15) is 0 Å². The van der Waals surface area contributed by atoms with E-state index in [1.807, 2.05) is 32.0 Å². The van der Waals surface area contributed by atoms with Crippen molar-refractivity contribution in [2.75, 3.05) is 19.0 Å². The Kier molecular flexibility index (Phi) is 9.11. The van der Waals surface area contributed by atoms with Gasteiger partial charge >= 0.3 is 0 Å². The molecule has 0 aromatic heterocycles. The van der Waals surface area contributed by atoms with Crippen molar-refractivity contribution >= 4 is 40.9 Å². The Labute approximate surface area is 174 Å². The molecular weight excluding hydrogens is 405 g/mol. The quantitative estimate of drug-likeness (QED) is 0.555. The van der Waals surface area contributed by atoms with Crippen LogP contribution in [0.25, 0.3) is 0 Å². The maximum absolute atomic E-state index is 12.1. The number of nitrogens with one attached hydrogen (secondary N) is 1. The van der Waals surface area contributed by atoms with Crippen LogP contribution in [0.5, 0.6) is 11.5 Å². The van der Waals surface area contributed by atoms with Crippen molar-refractivity contribution in [2.24, 2.45) is 0 Å². The molecule has 0 saturated carbocycles. The predicted octanol–water partition coefficient (Wildman–Crippen LogP) is 5.34. The zero-order valence-electron chi connectivity index (χ0n) is 15.4. The highest BCUT2D eigenvalue weighted by atomic mass is 35.5. The fourth-order valence-corrected chi connectivity index (χ4v) is 3.97. The number of carbonyl (C=O) groups is 1. The Balaban J connectivity index is 1.83. The van der Waals surface area contributed by atoms with E-state index in [9.17, 15) is 4.79 Å². The first-order valence-corrected chi connectivity index (χ1v) is 10.6. The Morgan fingerprint density at radius 3 is 2.37 bits per heavy atom. The largest absolute Gasteiger partial charge is 0.490 e. The zero-order valence-corrected chi connectivity index (χ0v) is 17.7. The lowest BCUT2D eigenvalue weighted by atomic mass is 10.2. The van der Waals surface area contributed by atoms with Gasteiger partial charge in [0.2, 0.25) is 5.91 Å². The number of rotatable bonds is 10. The number of benzene rings is 2. The van der Waals surface area contributed by atoms with Crippen LogP contribution in [0.4, 0.5) is 0 Å². The number of thioether (sulfide) groups is 1. The fourth-order valence-electron chi connectivity index (χ4n) is 2.37. The molecule has 0 radical (unpaired) electrons. The number of amides is 1. The minimum absolute atomic E-state index is 0.0463. The van der Waals surface area contributed by atoms with Gasteiger partial charge in [-0.15, -0.1) is 11.8 Å². The minimum atomic E-state index is -0.0463. The SMILES string of the molecule is CCOc1ccc(CNC(=O)CSCc2c(Cl)cccc2Cl)cc1OCC. The molecule has 0 atom stereocenters. The van der Waals surface area contributed by atoms with Gasteiger partial charge in [-0.3, -0.25) is 4.79 Å². The third kappa shape index (κ3) is 6.83. The number of hydrogen-bond donors (Lipinski definition) is 1. The van der Waals surface area contributed by atoms with Crippen LogP contribution in [0.1, 0.15) is 25.0 Å². The fraction of sp³-hybridized carbons (Fsp3) is 0.350. The van der Waals surface area contributed by atoms with E-state index in [1.165, 1.54) is 11.8 Å². The van der Waals surface area contributed by atoms with Gasteiger partial charge in [-0.05, 0) is 49.2 Å². The summed E-state index contributed by atoms with van der Waals surface area (Å²) >= 11 is 13.8. The van der Waals surface area contributed by atoms with Crippen LogP contribution in [-0.2, 0) is 17.1 Å². The lowest BCUT2D eigenvalue weighted by Crippen LogP contribution is -2.24. The molecule has 0 saturated heterocycles. The predicted molar refractivity (Wildman–Crippen MR) is 113 cm³/mol. The van der Waals surface area contributed by atoms with Gasteiger partial charge in [0, 0.05) is 22.3 Å². The van der Waals surface area contributed by atoms with Crippen molar-refractivity contribution in [2.45, 2.75) is 26.1 Å². The van der Waals surface area contributed by atoms with Crippen molar-refractivity contribution in [3.8, 4) is 11.5 Å². The molecular formula is C20H23Cl2NO3S. The van der Waals surface area contributed by atoms with E-state index in [0.29, 0.717) is 52.8 Å². The third-order valence-corrected chi connectivity index (χ3v) is 5.31. The molecule has 4 nitrogen and oxygen atoms in total. The molecule has 2 rings (SSSR count). The molecule has 0 aliphatic heterocycles. The van der Waals surface area contributed by atoms with Gasteiger partial charge in [-0.25, -0.2) is 0 Å². The molecule has 27 heavy (non-hydrogen) atoms. The Morgan fingerprint density at radius 1 is 1.04 bits per heavy atom. The summed E-state index contributed by atoms with van der Waals surface area (Å²) in [6.07, 6.45) is 0. The molecule has 1 amide bonds. The van der Waals surface area contributed by atoms with E-state index in [2.05, 4.69) is 5.32 Å². The summed E-state index contributed by atoms with van der Waals surface area (Å²) in [5.74, 6) is 2.27. The summed E-state index contributed by atoms with van der Waals surface area (Å²) in [6, 6.07) is 11.1. The monoisotopic (exact) mass is 427 g/mol. The molecule has 0 aliphatic rings. The average molecular weight is 428 g/mol. The standard InChI is InChI=1S/C20H23Cl2NO3S/c1-3-25-18-9-8-14(10-19(18)26-4-2)11-23-20(24)13-27-12-15-16(21)6-5-7-17(15)22/h5-10H,3-4,11-13H2,1-2H3,(H,23,24). The summed E-state index contributed by atoms with van der Waals surface area (Å²) in [7, 11) is 0. The highest BCUT2D eigenvalue weighted by Crippen LogP contribution is 2.29. The summed E-state index contributed by atoms with van der Waals surface area (Å²) in [6.45, 7) is 5.41. The van der Waals surface area contributed by atoms with Crippen LogP contribution >= 0.6 is 35.0 Å². The van der Waals surface area contributed by atoms with Crippen LogP contribution < -0.4 is 14.8 Å². The van der Waals surface area contributed by atoms with E-state index >= 15 is 0 Å². The molecule has 2 aromatic rings. The van der Waals surface area contributed by atoms with Crippen molar-refractivity contribution in [1.82, 2.24) is 5.32 Å². The van der Waals surface area contributed by atoms with Crippen LogP contribution in [0.15, 0.2) is 36.4 Å². The van der Waals surface area contributed by atoms with Gasteiger partial charge in [0.25, 0.3) is 0 Å². The number of carbonyl (C=O) groups excluding carboxylic acids is 1. The maximum Gasteiger partial charge on any atom is 0.230 e. The Morgan fingerprint density at radius 2 is 1.70 bits per heavy atom. The molecule has 0 bridgehead atoms. The summed E-state index contributed by atoms with van der Waals surface area (Å²) in [4.78, 5) is 12.1. The lowest BCUT2D eigenvalue weighted by molar-refractivity contribution is -0.118. The Hall–Kier alpha value is -1.56. The maximum atomic E-state index is 12.1. The topological polar surface area (TPSA) is 47.6 Å². The van der Waals surface area contributed by atoms with E-state index in [-0.39, 0.29) is 5.91 Å². The van der Waals surface area contributed by atoms with E-state index in [4.69, 9.17) is 32.7 Å². The number of ether oxygens (including phenoxy) is 2. The first kappa shape index (κ1) is 21.7. The molecule has 0 fully saturated rings. The van der Waals surface area contributed by atoms with Crippen molar-refractivity contribution in [3.63, 3.8) is 0 Å². The smallest absolute Gasteiger partial charge is 0.230 e. The average Bonchev–Trinajstić information content (AvgIpc) is 2.64. The summed E-state index contributed by atoms with van der Waals surface area (Å²) in [5, 5.41) is 4.15. The Bertz CT molecular complexity index is 751. The summed E-state index contributed by atoms with van der Waals surface area (Å²) < 4.78 is 11.2. The minimum Gasteiger partial charge on any atom is -0.490 e. The van der Waals surface area contributed by atoms with Crippen LogP contribution in [0.2, 0.25) is 10.0 Å². The zero-order chi connectivity index (χ0) is 19.6. The highest BCUT2D eigenvalue weighted by molar-refractivity contribution is 7.99. The van der Waals surface area contributed by atoms with E-state index in [0.717, 1.165) is 11.1 Å². The van der Waals surface area contributed by atoms with Gasteiger partial charge in [-0.2, -0.15) is 0 Å². The second-order valence-corrected chi connectivity index (χ2v) is 7.42. The molecule has 0 spiro atoms. The van der Waals surface area contributed by atoms with E-state index < -0.39 is 0 Å². The second-order valence-electron chi connectivity index (χ2n) is 5.62. The van der Waals surface area contributed by atoms with Crippen molar-refractivity contribution in [1.29, 1.82) is 0 Å². The van der Waals surface area contributed by atoms with Crippen LogP contribution in [0, 0.1) is 0 Å². The normalized spacial score (nSPS) is 10.5. The van der Waals surface area contributed by atoms with Crippen molar-refractivity contribution < 1.29 is 14.3 Å². The molecule has 0 unspecified atom stereocenters. The highest BCUT2D eigenvalue weighted by Gasteiger charge is 2.09. The van der Waals surface area contributed by atoms with Gasteiger partial charge in [0.15, 0.2) is 11.5 Å². The molecule has 146 valence electrons. The van der Waals surface area contributed by atoms with Crippen LogP contribution in [0.3, 0.4) is 0 Å². The summed E-state index contributed by atoms with van der Waals surface area (Å²) in [5.41, 5.74) is 1.81. The molecule has 1 N–H and O–H groups in total. The van der Waals surface area contributed by atoms with Gasteiger partial charge in [0.05, 0.1) is 19.0 Å². The number of hydrogen-bond acceptors (Lipinski definition) is 4. The van der Waals surface area contributed by atoms with Crippen LogP contribution in [-0.4, -0.2) is 24.9 Å². The molecule has 0 aliphatic carbocycles. The first-order chi connectivity index (χ1) is 13.0. The van der Waals surface area contributed by atoms with Crippen molar-refractivity contribution in [3.05, 3.63) is 57.6 Å². The number of halogens is 2. The first-order valence-electron chi connectivity index (χ1n) is 8.71. The van der Waals surface area contributed by atoms with Gasteiger partial charge < -0.3 is 14.8 Å². The lowest BCUT2D eigenvalue weighted by Gasteiger charge is -2.13. The molecule has 0 heterocycles. The molecule has 7 heteroatoms. The third-order valence-electron chi connectivity index (χ3n) is 3.64. The van der Waals surface area contributed by atoms with E-state index in [1.54, 1.807) is 18.2 Å². The molecule has 2 aromatic carbocycles. The van der Waals surface area contributed by atoms with Gasteiger partial charge in [-0.1, -0.05) is 35.3 Å². The second kappa shape index (κ2) is 11.3.